The van der Waals surface area contributed by atoms with E-state index in [2.05, 4.69) is 25.3 Å². The molecule has 0 saturated carbocycles. The number of carbonyl (C=O) groups is 1. The van der Waals surface area contributed by atoms with Crippen molar-refractivity contribution in [1.82, 2.24) is 25.3 Å². The number of nitrogens with zero attached hydrogens (tertiary/aromatic N) is 4. The van der Waals surface area contributed by atoms with Crippen molar-refractivity contribution >= 4 is 34.7 Å². The van der Waals surface area contributed by atoms with Crippen molar-refractivity contribution in [2.45, 2.75) is 0 Å². The Kier molecular flexibility index (Phi) is 4.54. The third-order valence-electron chi connectivity index (χ3n) is 3.15. The summed E-state index contributed by atoms with van der Waals surface area (Å²) in [5.74, 6) is 1.44. The lowest BCUT2D eigenvalue weighted by molar-refractivity contribution is -0.117. The molecule has 0 atom stereocenters. The van der Waals surface area contributed by atoms with Gasteiger partial charge in [-0.3, -0.25) is 4.79 Å². The number of anilines is 1. The van der Waals surface area contributed by atoms with Crippen LogP contribution >= 0.6 is 11.8 Å². The summed E-state index contributed by atoms with van der Waals surface area (Å²) in [5, 5.41) is 2.82. The third kappa shape index (κ3) is 3.04. The first kappa shape index (κ1) is 14.8. The van der Waals surface area contributed by atoms with E-state index in [9.17, 15) is 4.79 Å². The molecule has 22 heavy (non-hydrogen) atoms. The van der Waals surface area contributed by atoms with Gasteiger partial charge in [0.1, 0.15) is 11.8 Å². The second-order valence-corrected chi connectivity index (χ2v) is 5.72. The molecule has 1 amide bonds. The SMILES string of the molecule is COCCNC(=O)C1=CN(c2ncnc3nc[nH]c23)CCS1. The molecule has 1 aliphatic heterocycles. The van der Waals surface area contributed by atoms with E-state index in [0.717, 1.165) is 23.6 Å². The van der Waals surface area contributed by atoms with Gasteiger partial charge >= 0.3 is 0 Å². The Bertz CT molecular complexity index is 701. The second-order valence-electron chi connectivity index (χ2n) is 4.58. The number of thioether (sulfide) groups is 1. The number of imidazole rings is 1. The first-order chi connectivity index (χ1) is 10.8. The normalized spacial score (nSPS) is 15.0. The van der Waals surface area contributed by atoms with Gasteiger partial charge in [-0.25, -0.2) is 15.0 Å². The molecule has 8 nitrogen and oxygen atoms in total. The number of aromatic amines is 1. The molecule has 2 aromatic heterocycles. The molecule has 116 valence electrons. The Labute approximate surface area is 131 Å². The minimum Gasteiger partial charge on any atom is -0.383 e. The van der Waals surface area contributed by atoms with Crippen molar-refractivity contribution in [3.63, 3.8) is 0 Å². The van der Waals surface area contributed by atoms with Gasteiger partial charge in [0.15, 0.2) is 11.5 Å². The number of fused-ring (bicyclic) bond motifs is 1. The van der Waals surface area contributed by atoms with E-state index in [1.165, 1.54) is 18.1 Å². The lowest BCUT2D eigenvalue weighted by Crippen LogP contribution is -2.32. The summed E-state index contributed by atoms with van der Waals surface area (Å²) in [7, 11) is 1.60. The molecule has 0 aromatic carbocycles. The maximum atomic E-state index is 12.1. The highest BCUT2D eigenvalue weighted by atomic mass is 32.2. The van der Waals surface area contributed by atoms with Crippen LogP contribution in [0.3, 0.4) is 0 Å². The van der Waals surface area contributed by atoms with Crippen molar-refractivity contribution in [3.05, 3.63) is 23.8 Å². The minimum atomic E-state index is -0.0957. The summed E-state index contributed by atoms with van der Waals surface area (Å²) >= 11 is 1.53. The topological polar surface area (TPSA) is 96.0 Å². The van der Waals surface area contributed by atoms with Gasteiger partial charge in [-0.15, -0.1) is 11.8 Å². The predicted molar refractivity (Wildman–Crippen MR) is 84.5 cm³/mol. The van der Waals surface area contributed by atoms with E-state index in [1.54, 1.807) is 13.4 Å². The van der Waals surface area contributed by atoms with Crippen LogP contribution in [0.4, 0.5) is 5.82 Å². The average molecular weight is 320 g/mol. The Hall–Kier alpha value is -2.13. The number of methoxy groups -OCH3 is 1. The average Bonchev–Trinajstić information content (AvgIpc) is 3.03. The molecule has 0 fully saturated rings. The van der Waals surface area contributed by atoms with E-state index in [-0.39, 0.29) is 5.91 Å². The highest BCUT2D eigenvalue weighted by Gasteiger charge is 2.20. The van der Waals surface area contributed by atoms with Crippen LogP contribution < -0.4 is 10.2 Å². The zero-order valence-corrected chi connectivity index (χ0v) is 12.9. The van der Waals surface area contributed by atoms with Crippen LogP contribution in [0.1, 0.15) is 0 Å². The quantitative estimate of drug-likeness (QED) is 0.775. The molecular weight excluding hydrogens is 304 g/mol. The Morgan fingerprint density at radius 3 is 3.27 bits per heavy atom. The van der Waals surface area contributed by atoms with Crippen LogP contribution in [0.2, 0.25) is 0 Å². The molecule has 1 aliphatic rings. The molecular formula is C13H16N6O2S. The molecule has 3 rings (SSSR count). The van der Waals surface area contributed by atoms with Crippen LogP contribution in [0, 0.1) is 0 Å². The van der Waals surface area contributed by atoms with E-state index in [4.69, 9.17) is 4.74 Å². The van der Waals surface area contributed by atoms with Gasteiger partial charge in [0.25, 0.3) is 5.91 Å². The molecule has 2 aromatic rings. The standard InChI is InChI=1S/C13H16N6O2S/c1-21-4-2-14-13(20)9-6-19(3-5-22-9)12-10-11(16-7-15-10)17-8-18-12/h6-8H,2-5H2,1H3,(H,14,20)(H,15,16,17,18). The fraction of sp³-hybridized carbons (Fsp3) is 0.385. The van der Waals surface area contributed by atoms with Gasteiger partial charge in [0.2, 0.25) is 0 Å². The first-order valence-electron chi connectivity index (χ1n) is 6.82. The zero-order valence-electron chi connectivity index (χ0n) is 12.1. The van der Waals surface area contributed by atoms with Crippen molar-refractivity contribution in [3.8, 4) is 0 Å². The number of amides is 1. The molecule has 9 heteroatoms. The molecule has 0 aliphatic carbocycles. The number of hydrogen-bond donors (Lipinski definition) is 2. The van der Waals surface area contributed by atoms with Crippen LogP contribution in [-0.2, 0) is 9.53 Å². The summed E-state index contributed by atoms with van der Waals surface area (Å²) in [6, 6.07) is 0. The molecule has 0 bridgehead atoms. The van der Waals surface area contributed by atoms with Crippen LogP contribution in [0.5, 0.6) is 0 Å². The lowest BCUT2D eigenvalue weighted by Gasteiger charge is -2.25. The second kappa shape index (κ2) is 6.75. The lowest BCUT2D eigenvalue weighted by atomic mass is 10.4. The summed E-state index contributed by atoms with van der Waals surface area (Å²) in [6.45, 7) is 1.75. The Morgan fingerprint density at radius 1 is 1.50 bits per heavy atom. The van der Waals surface area contributed by atoms with E-state index in [1.807, 2.05) is 11.1 Å². The van der Waals surface area contributed by atoms with E-state index >= 15 is 0 Å². The largest absolute Gasteiger partial charge is 0.383 e. The number of aromatic nitrogens is 4. The van der Waals surface area contributed by atoms with Crippen molar-refractivity contribution in [2.75, 3.05) is 37.5 Å². The van der Waals surface area contributed by atoms with Crippen molar-refractivity contribution in [1.29, 1.82) is 0 Å². The van der Waals surface area contributed by atoms with E-state index < -0.39 is 0 Å². The molecule has 0 spiro atoms. The number of hydrogen-bond acceptors (Lipinski definition) is 7. The van der Waals surface area contributed by atoms with Gasteiger partial charge in [0.05, 0.1) is 17.8 Å². The number of rotatable bonds is 5. The summed E-state index contributed by atoms with van der Waals surface area (Å²) < 4.78 is 4.93. The molecule has 0 unspecified atom stereocenters. The Balaban J connectivity index is 1.81. The van der Waals surface area contributed by atoms with E-state index in [0.29, 0.717) is 23.7 Å². The molecule has 3 heterocycles. The fourth-order valence-corrected chi connectivity index (χ4v) is 3.03. The van der Waals surface area contributed by atoms with Crippen LogP contribution in [0.25, 0.3) is 11.2 Å². The number of ether oxygens (including phenoxy) is 1. The van der Waals surface area contributed by atoms with Gasteiger partial charge in [-0.2, -0.15) is 0 Å². The molecule has 2 N–H and O–H groups in total. The zero-order chi connectivity index (χ0) is 15.4. The highest BCUT2D eigenvalue weighted by molar-refractivity contribution is 8.04. The maximum Gasteiger partial charge on any atom is 0.259 e. The number of nitrogens with one attached hydrogen (secondary N) is 2. The maximum absolute atomic E-state index is 12.1. The van der Waals surface area contributed by atoms with Crippen LogP contribution in [-0.4, -0.2) is 58.4 Å². The number of carbonyl (C=O) groups excluding carboxylic acids is 1. The van der Waals surface area contributed by atoms with Crippen molar-refractivity contribution in [2.24, 2.45) is 0 Å². The van der Waals surface area contributed by atoms with Crippen LogP contribution in [0.15, 0.2) is 23.8 Å². The van der Waals surface area contributed by atoms with Crippen molar-refractivity contribution < 1.29 is 9.53 Å². The van der Waals surface area contributed by atoms with Gasteiger partial charge in [-0.1, -0.05) is 0 Å². The smallest absolute Gasteiger partial charge is 0.259 e. The molecule has 0 radical (unpaired) electrons. The Morgan fingerprint density at radius 2 is 2.41 bits per heavy atom. The van der Waals surface area contributed by atoms with Gasteiger partial charge in [0, 0.05) is 32.2 Å². The monoisotopic (exact) mass is 320 g/mol. The number of H-pyrrole nitrogens is 1. The third-order valence-corrected chi connectivity index (χ3v) is 4.14. The van der Waals surface area contributed by atoms with Gasteiger partial charge in [-0.05, 0) is 0 Å². The fourth-order valence-electron chi connectivity index (χ4n) is 2.11. The summed E-state index contributed by atoms with van der Waals surface area (Å²) in [4.78, 5) is 30.3. The summed E-state index contributed by atoms with van der Waals surface area (Å²) in [6.07, 6.45) is 4.88. The molecule has 0 saturated heterocycles. The highest BCUT2D eigenvalue weighted by Crippen LogP contribution is 2.27. The van der Waals surface area contributed by atoms with Gasteiger partial charge < -0.3 is 19.9 Å². The summed E-state index contributed by atoms with van der Waals surface area (Å²) in [5.41, 5.74) is 1.38. The predicted octanol–water partition coefficient (Wildman–Crippen LogP) is 0.510. The first-order valence-corrected chi connectivity index (χ1v) is 7.80. The minimum absolute atomic E-state index is 0.0957.